The van der Waals surface area contributed by atoms with Crippen molar-refractivity contribution in [2.24, 2.45) is 4.99 Å². The van der Waals surface area contributed by atoms with Gasteiger partial charge in [-0.2, -0.15) is 0 Å². The van der Waals surface area contributed by atoms with E-state index in [1.807, 2.05) is 50.3 Å². The van der Waals surface area contributed by atoms with Crippen molar-refractivity contribution in [2.75, 3.05) is 20.3 Å². The summed E-state index contributed by atoms with van der Waals surface area (Å²) in [5.41, 5.74) is 4.04. The number of carbonyl (C=O) groups is 1. The Labute approximate surface area is 181 Å². The van der Waals surface area contributed by atoms with Crippen LogP contribution in [0.1, 0.15) is 23.6 Å². The number of thioether (sulfide) groups is 1. The normalized spacial score (nSPS) is 16.2. The number of hydrogen-bond donors (Lipinski definition) is 0. The molecule has 0 spiro atoms. The average molecular weight is 421 g/mol. The number of terminal acetylenes is 1. The van der Waals surface area contributed by atoms with Crippen LogP contribution in [0.3, 0.4) is 0 Å². The predicted molar refractivity (Wildman–Crippen MR) is 123 cm³/mol. The molecule has 3 rings (SSSR count). The minimum Gasteiger partial charge on any atom is -0.490 e. The average Bonchev–Trinajstić information content (AvgIpc) is 2.98. The second-order valence-corrected chi connectivity index (χ2v) is 7.78. The van der Waals surface area contributed by atoms with Crippen molar-refractivity contribution in [1.82, 2.24) is 4.90 Å². The van der Waals surface area contributed by atoms with Gasteiger partial charge in [0, 0.05) is 7.05 Å². The molecule has 1 aliphatic rings. The van der Waals surface area contributed by atoms with Gasteiger partial charge in [-0.3, -0.25) is 9.69 Å². The van der Waals surface area contributed by atoms with Gasteiger partial charge in [-0.1, -0.05) is 18.1 Å². The summed E-state index contributed by atoms with van der Waals surface area (Å²) in [5, 5.41) is 0.647. The Morgan fingerprint density at radius 1 is 1.13 bits per heavy atom. The fraction of sp³-hybridized carbons (Fsp3) is 0.250. The zero-order valence-corrected chi connectivity index (χ0v) is 18.4. The van der Waals surface area contributed by atoms with Crippen molar-refractivity contribution < 1.29 is 14.3 Å². The number of ether oxygens (including phenoxy) is 2. The van der Waals surface area contributed by atoms with Gasteiger partial charge in [0.1, 0.15) is 6.61 Å². The largest absolute Gasteiger partial charge is 0.490 e. The summed E-state index contributed by atoms with van der Waals surface area (Å²) >= 11 is 1.35. The summed E-state index contributed by atoms with van der Waals surface area (Å²) in [5.74, 6) is 3.53. The van der Waals surface area contributed by atoms with E-state index in [1.54, 1.807) is 18.0 Å². The van der Waals surface area contributed by atoms with E-state index in [9.17, 15) is 4.79 Å². The fourth-order valence-electron chi connectivity index (χ4n) is 2.83. The predicted octanol–water partition coefficient (Wildman–Crippen LogP) is 4.95. The van der Waals surface area contributed by atoms with E-state index in [2.05, 4.69) is 17.8 Å². The van der Waals surface area contributed by atoms with Crippen molar-refractivity contribution in [3.63, 3.8) is 0 Å². The molecule has 1 fully saturated rings. The summed E-state index contributed by atoms with van der Waals surface area (Å²) in [6, 6.07) is 11.5. The lowest BCUT2D eigenvalue weighted by Gasteiger charge is -2.11. The second-order valence-electron chi connectivity index (χ2n) is 6.77. The summed E-state index contributed by atoms with van der Waals surface area (Å²) in [6.07, 6.45) is 7.10. The van der Waals surface area contributed by atoms with Crippen LogP contribution in [0.2, 0.25) is 0 Å². The lowest BCUT2D eigenvalue weighted by Crippen LogP contribution is -2.23. The quantitative estimate of drug-likeness (QED) is 0.490. The number of rotatable bonds is 6. The van der Waals surface area contributed by atoms with E-state index in [0.29, 0.717) is 28.2 Å². The first kappa shape index (κ1) is 21.5. The lowest BCUT2D eigenvalue weighted by molar-refractivity contribution is -0.121. The van der Waals surface area contributed by atoms with Crippen molar-refractivity contribution >= 4 is 34.6 Å². The Balaban J connectivity index is 1.87. The minimum absolute atomic E-state index is 0.0896. The molecule has 1 heterocycles. The highest BCUT2D eigenvalue weighted by Gasteiger charge is 2.30. The first-order chi connectivity index (χ1) is 14.4. The summed E-state index contributed by atoms with van der Waals surface area (Å²) in [4.78, 5) is 19.6. The van der Waals surface area contributed by atoms with Crippen LogP contribution in [-0.2, 0) is 4.79 Å². The fourth-order valence-corrected chi connectivity index (χ4v) is 3.82. The highest BCUT2D eigenvalue weighted by molar-refractivity contribution is 8.18. The van der Waals surface area contributed by atoms with Crippen LogP contribution < -0.4 is 9.47 Å². The van der Waals surface area contributed by atoms with Gasteiger partial charge in [0.25, 0.3) is 5.91 Å². The van der Waals surface area contributed by atoms with Gasteiger partial charge in [0.05, 0.1) is 17.2 Å². The van der Waals surface area contributed by atoms with Crippen LogP contribution in [0.15, 0.2) is 46.3 Å². The number of aliphatic imine (C=N–C) groups is 1. The number of carbonyl (C=O) groups excluding carboxylic acids is 1. The van der Waals surface area contributed by atoms with Crippen molar-refractivity contribution in [1.29, 1.82) is 0 Å². The molecule has 1 saturated heterocycles. The smallest absolute Gasteiger partial charge is 0.266 e. The highest BCUT2D eigenvalue weighted by Crippen LogP contribution is 2.35. The van der Waals surface area contributed by atoms with Crippen molar-refractivity contribution in [3.05, 3.63) is 58.0 Å². The molecule has 0 bridgehead atoms. The van der Waals surface area contributed by atoms with Gasteiger partial charge in [0.2, 0.25) is 0 Å². The molecule has 1 aliphatic heterocycles. The van der Waals surface area contributed by atoms with Crippen LogP contribution in [-0.4, -0.2) is 36.2 Å². The maximum atomic E-state index is 12.7. The van der Waals surface area contributed by atoms with Crippen LogP contribution in [0.5, 0.6) is 11.5 Å². The molecule has 0 radical (unpaired) electrons. The van der Waals surface area contributed by atoms with Crippen molar-refractivity contribution in [2.45, 2.75) is 20.8 Å². The molecule has 0 aromatic heterocycles. The van der Waals surface area contributed by atoms with Crippen molar-refractivity contribution in [3.8, 4) is 23.8 Å². The first-order valence-electron chi connectivity index (χ1n) is 9.59. The zero-order valence-electron chi connectivity index (χ0n) is 17.6. The summed E-state index contributed by atoms with van der Waals surface area (Å²) in [6.45, 7) is 6.67. The molecule has 2 aromatic carbocycles. The Morgan fingerprint density at radius 2 is 1.93 bits per heavy atom. The molecule has 5 nitrogen and oxygen atoms in total. The Bertz CT molecular complexity index is 1070. The zero-order chi connectivity index (χ0) is 21.7. The maximum Gasteiger partial charge on any atom is 0.266 e. The number of nitrogens with zero attached hydrogens (tertiary/aromatic N) is 2. The van der Waals surface area contributed by atoms with Gasteiger partial charge in [0.15, 0.2) is 16.7 Å². The van der Waals surface area contributed by atoms with E-state index >= 15 is 0 Å². The van der Waals surface area contributed by atoms with E-state index in [0.717, 1.165) is 11.3 Å². The van der Waals surface area contributed by atoms with Crippen LogP contribution >= 0.6 is 11.8 Å². The number of benzene rings is 2. The van der Waals surface area contributed by atoms with Gasteiger partial charge in [-0.05, 0) is 79.6 Å². The monoisotopic (exact) mass is 420 g/mol. The third-order valence-electron chi connectivity index (χ3n) is 4.60. The van der Waals surface area contributed by atoms with E-state index in [-0.39, 0.29) is 12.5 Å². The van der Waals surface area contributed by atoms with Crippen LogP contribution in [0.25, 0.3) is 6.08 Å². The molecular weight excluding hydrogens is 396 g/mol. The first-order valence-corrected chi connectivity index (χ1v) is 10.4. The molecule has 0 atom stereocenters. The number of aryl methyl sites for hydroxylation is 2. The summed E-state index contributed by atoms with van der Waals surface area (Å²) < 4.78 is 11.2. The third-order valence-corrected chi connectivity index (χ3v) is 5.66. The Hall–Kier alpha value is -3.17. The van der Waals surface area contributed by atoms with Gasteiger partial charge in [-0.25, -0.2) is 4.99 Å². The van der Waals surface area contributed by atoms with Gasteiger partial charge < -0.3 is 9.47 Å². The molecule has 0 unspecified atom stereocenters. The van der Waals surface area contributed by atoms with Crippen LogP contribution in [0.4, 0.5) is 5.69 Å². The van der Waals surface area contributed by atoms with E-state index in [4.69, 9.17) is 15.9 Å². The molecule has 0 N–H and O–H groups in total. The summed E-state index contributed by atoms with van der Waals surface area (Å²) in [7, 11) is 1.73. The van der Waals surface area contributed by atoms with Gasteiger partial charge in [-0.15, -0.1) is 6.42 Å². The lowest BCUT2D eigenvalue weighted by atomic mass is 10.1. The Morgan fingerprint density at radius 3 is 2.63 bits per heavy atom. The standard InChI is InChI=1S/C24H24N2O3S/c1-6-12-29-20-11-9-18(14-21(20)28-7-2)15-22-23(27)26(5)24(30-22)25-19-10-8-16(3)17(4)13-19/h1,8-11,13-15H,7,12H2,2-5H3/b22-15+,25-24?. The molecule has 30 heavy (non-hydrogen) atoms. The molecule has 0 saturated carbocycles. The molecular formula is C24H24N2O3S. The minimum atomic E-state index is -0.0896. The highest BCUT2D eigenvalue weighted by atomic mass is 32.2. The number of likely N-dealkylation sites (N-methyl/N-ethyl adjacent to an activating group) is 1. The third kappa shape index (κ3) is 4.87. The topological polar surface area (TPSA) is 51.1 Å². The SMILES string of the molecule is C#CCOc1ccc(/C=C2/SC(=Nc3ccc(C)c(C)c3)N(C)C2=O)cc1OCC. The maximum absolute atomic E-state index is 12.7. The van der Waals surface area contributed by atoms with E-state index < -0.39 is 0 Å². The molecule has 0 aliphatic carbocycles. The van der Waals surface area contributed by atoms with Gasteiger partial charge >= 0.3 is 0 Å². The molecule has 6 heteroatoms. The van der Waals surface area contributed by atoms with E-state index in [1.165, 1.54) is 22.9 Å². The Kier molecular flexibility index (Phi) is 6.86. The molecule has 154 valence electrons. The molecule has 2 aromatic rings. The number of hydrogen-bond acceptors (Lipinski definition) is 5. The molecule has 1 amide bonds. The number of amides is 1. The second kappa shape index (κ2) is 9.55. The number of amidine groups is 1. The van der Waals surface area contributed by atoms with Crippen LogP contribution in [0, 0.1) is 26.2 Å².